The number of aromatic nitrogens is 5. The first-order chi connectivity index (χ1) is 10.8. The van der Waals surface area contributed by atoms with E-state index in [-0.39, 0.29) is 0 Å². The summed E-state index contributed by atoms with van der Waals surface area (Å²) >= 11 is 0. The van der Waals surface area contributed by atoms with Crippen molar-refractivity contribution in [1.82, 2.24) is 25.1 Å². The Morgan fingerprint density at radius 1 is 1.18 bits per heavy atom. The molecule has 0 radical (unpaired) electrons. The van der Waals surface area contributed by atoms with Crippen LogP contribution >= 0.6 is 0 Å². The van der Waals surface area contributed by atoms with E-state index in [1.165, 1.54) is 30.5 Å². The monoisotopic (exact) mass is 296 g/mol. The van der Waals surface area contributed by atoms with Gasteiger partial charge in [-0.05, 0) is 37.3 Å². The highest BCUT2D eigenvalue weighted by atomic mass is 15.2. The highest BCUT2D eigenvalue weighted by Crippen LogP contribution is 2.25. The van der Waals surface area contributed by atoms with Gasteiger partial charge in [0.25, 0.3) is 0 Å². The average molecular weight is 296 g/mol. The van der Waals surface area contributed by atoms with Gasteiger partial charge in [-0.2, -0.15) is 5.10 Å². The van der Waals surface area contributed by atoms with Crippen LogP contribution in [0.2, 0.25) is 0 Å². The van der Waals surface area contributed by atoms with Crippen molar-refractivity contribution in [1.29, 1.82) is 0 Å². The summed E-state index contributed by atoms with van der Waals surface area (Å²) in [5.41, 5.74) is 4.78. The molecule has 0 aromatic carbocycles. The highest BCUT2D eigenvalue weighted by Gasteiger charge is 2.18. The van der Waals surface area contributed by atoms with Crippen molar-refractivity contribution in [2.24, 2.45) is 0 Å². The lowest BCUT2D eigenvalue weighted by Gasteiger charge is -2.18. The molecule has 1 aliphatic carbocycles. The van der Waals surface area contributed by atoms with Crippen molar-refractivity contribution in [2.45, 2.75) is 38.6 Å². The van der Waals surface area contributed by atoms with E-state index < -0.39 is 0 Å². The van der Waals surface area contributed by atoms with Gasteiger partial charge in [0.05, 0.1) is 17.6 Å². The molecule has 0 spiro atoms. The van der Waals surface area contributed by atoms with Gasteiger partial charge in [-0.1, -0.05) is 6.42 Å². The molecule has 2 N–H and O–H groups in total. The Kier molecular flexibility index (Phi) is 3.29. The molecule has 0 atom stereocenters. The van der Waals surface area contributed by atoms with E-state index in [9.17, 15) is 0 Å². The van der Waals surface area contributed by atoms with Crippen LogP contribution in [0.4, 0.5) is 5.82 Å². The second kappa shape index (κ2) is 5.44. The zero-order valence-electron chi connectivity index (χ0n) is 12.8. The first-order valence-electron chi connectivity index (χ1n) is 7.87. The molecule has 0 saturated heterocycles. The van der Waals surface area contributed by atoms with E-state index in [0.717, 1.165) is 41.9 Å². The molecule has 0 unspecified atom stereocenters. The Bertz CT molecular complexity index is 787. The molecular formula is C16H20N6. The van der Waals surface area contributed by atoms with E-state index in [0.29, 0.717) is 0 Å². The van der Waals surface area contributed by atoms with Gasteiger partial charge in [-0.15, -0.1) is 0 Å². The third kappa shape index (κ3) is 2.24. The molecule has 4 rings (SSSR count). The van der Waals surface area contributed by atoms with E-state index in [4.69, 9.17) is 0 Å². The second-order valence-corrected chi connectivity index (χ2v) is 5.98. The lowest BCUT2D eigenvalue weighted by Crippen LogP contribution is -2.19. The summed E-state index contributed by atoms with van der Waals surface area (Å²) in [6, 6.07) is 2.02. The molecule has 6 nitrogen and oxygen atoms in total. The summed E-state index contributed by atoms with van der Waals surface area (Å²) in [4.78, 5) is 14.0. The largest absolute Gasteiger partial charge is 0.353 e. The molecule has 6 heteroatoms. The molecule has 0 aliphatic heterocycles. The number of nitrogens with one attached hydrogen (secondary N) is 2. The average Bonchev–Trinajstić information content (AvgIpc) is 3.08. The molecular weight excluding hydrogens is 276 g/mol. The van der Waals surface area contributed by atoms with Crippen molar-refractivity contribution in [3.63, 3.8) is 0 Å². The summed E-state index contributed by atoms with van der Waals surface area (Å²) < 4.78 is 0. The van der Waals surface area contributed by atoms with Gasteiger partial charge in [0.15, 0.2) is 0 Å². The number of hydrogen-bond acceptors (Lipinski definition) is 4. The smallest absolute Gasteiger partial charge is 0.142 e. The fraction of sp³-hybridized carbons (Fsp3) is 0.438. The summed E-state index contributed by atoms with van der Waals surface area (Å²) in [6.07, 6.45) is 9.61. The zero-order chi connectivity index (χ0) is 14.9. The molecule has 114 valence electrons. The van der Waals surface area contributed by atoms with Gasteiger partial charge < -0.3 is 9.88 Å². The number of nitrogens with zero attached hydrogens (tertiary/aromatic N) is 4. The summed E-state index contributed by atoms with van der Waals surface area (Å²) in [7, 11) is 2.06. The van der Waals surface area contributed by atoms with Crippen molar-refractivity contribution >= 4 is 16.9 Å². The summed E-state index contributed by atoms with van der Waals surface area (Å²) in [5, 5.41) is 8.84. The molecule has 0 bridgehead atoms. The van der Waals surface area contributed by atoms with Crippen LogP contribution in [0.15, 0.2) is 18.6 Å². The fourth-order valence-corrected chi connectivity index (χ4v) is 3.32. The molecule has 0 saturated carbocycles. The van der Waals surface area contributed by atoms with Gasteiger partial charge in [-0.3, -0.25) is 5.10 Å². The number of aryl methyl sites for hydroxylation is 1. The van der Waals surface area contributed by atoms with Crippen LogP contribution in [-0.2, 0) is 19.4 Å². The Morgan fingerprint density at radius 3 is 3.05 bits per heavy atom. The second-order valence-electron chi connectivity index (χ2n) is 5.98. The maximum Gasteiger partial charge on any atom is 0.142 e. The number of H-pyrrole nitrogens is 2. The molecule has 3 aromatic rings. The van der Waals surface area contributed by atoms with Crippen molar-refractivity contribution < 1.29 is 0 Å². The fourth-order valence-electron chi connectivity index (χ4n) is 3.32. The van der Waals surface area contributed by atoms with Gasteiger partial charge in [0.1, 0.15) is 17.8 Å². The Morgan fingerprint density at radius 2 is 2.09 bits per heavy atom. The van der Waals surface area contributed by atoms with E-state index >= 15 is 0 Å². The third-order valence-electron chi connectivity index (χ3n) is 4.47. The number of hydrogen-bond donors (Lipinski definition) is 2. The van der Waals surface area contributed by atoms with Crippen LogP contribution < -0.4 is 4.90 Å². The minimum absolute atomic E-state index is 0.767. The predicted molar refractivity (Wildman–Crippen MR) is 85.8 cm³/mol. The summed E-state index contributed by atoms with van der Waals surface area (Å²) in [5.74, 6) is 0.941. The lowest BCUT2D eigenvalue weighted by molar-refractivity contribution is 0.697. The first-order valence-corrected chi connectivity index (χ1v) is 7.87. The molecule has 3 heterocycles. The van der Waals surface area contributed by atoms with Crippen LogP contribution in [0.25, 0.3) is 11.0 Å². The third-order valence-corrected chi connectivity index (χ3v) is 4.47. The topological polar surface area (TPSA) is 73.5 Å². The zero-order valence-corrected chi connectivity index (χ0v) is 12.8. The number of aromatic amines is 2. The standard InChI is InChI=1S/C16H20N6/c1-22(16-12-7-8-17-15(12)18-10-19-16)9-14-11-5-3-2-4-6-13(11)20-21-14/h7-8,10H,2-6,9H2,1H3,(H,20,21)(H,17,18,19). The van der Waals surface area contributed by atoms with Gasteiger partial charge in [-0.25, -0.2) is 9.97 Å². The van der Waals surface area contributed by atoms with Gasteiger partial charge in [0.2, 0.25) is 0 Å². The van der Waals surface area contributed by atoms with Crippen LogP contribution in [0.1, 0.15) is 36.2 Å². The van der Waals surface area contributed by atoms with Crippen LogP contribution in [-0.4, -0.2) is 32.2 Å². The maximum absolute atomic E-state index is 4.55. The van der Waals surface area contributed by atoms with E-state index in [2.05, 4.69) is 37.1 Å². The Balaban J connectivity index is 1.63. The number of rotatable bonds is 3. The first kappa shape index (κ1) is 13.3. The Hall–Kier alpha value is -2.37. The minimum atomic E-state index is 0.767. The van der Waals surface area contributed by atoms with Gasteiger partial charge in [0, 0.05) is 18.9 Å². The normalized spacial score (nSPS) is 14.8. The van der Waals surface area contributed by atoms with Crippen molar-refractivity contribution in [3.8, 4) is 0 Å². The highest BCUT2D eigenvalue weighted by molar-refractivity contribution is 5.87. The molecule has 22 heavy (non-hydrogen) atoms. The van der Waals surface area contributed by atoms with E-state index in [1.807, 2.05) is 12.3 Å². The number of anilines is 1. The molecule has 3 aromatic heterocycles. The predicted octanol–water partition coefficient (Wildman–Crippen LogP) is 2.59. The van der Waals surface area contributed by atoms with Crippen molar-refractivity contribution in [2.75, 3.05) is 11.9 Å². The summed E-state index contributed by atoms with van der Waals surface area (Å²) in [6.45, 7) is 0.767. The molecule has 0 fully saturated rings. The SMILES string of the molecule is CN(Cc1n[nH]c2c1CCCCC2)c1ncnc2[nH]ccc12. The van der Waals surface area contributed by atoms with E-state index in [1.54, 1.807) is 6.33 Å². The van der Waals surface area contributed by atoms with Crippen LogP contribution in [0.5, 0.6) is 0 Å². The molecule has 0 amide bonds. The van der Waals surface area contributed by atoms with Crippen molar-refractivity contribution in [3.05, 3.63) is 35.5 Å². The van der Waals surface area contributed by atoms with Crippen LogP contribution in [0, 0.1) is 0 Å². The van der Waals surface area contributed by atoms with Crippen LogP contribution in [0.3, 0.4) is 0 Å². The minimum Gasteiger partial charge on any atom is -0.353 e. The lowest BCUT2D eigenvalue weighted by atomic mass is 10.1. The van der Waals surface area contributed by atoms with Gasteiger partial charge >= 0.3 is 0 Å². The Labute approximate surface area is 129 Å². The number of fused-ring (bicyclic) bond motifs is 2. The molecule has 1 aliphatic rings. The maximum atomic E-state index is 4.55. The quantitative estimate of drug-likeness (QED) is 0.729.